The number of nitrogens with one attached hydrogen (secondary N) is 1. The number of nitro benzene ring substituents is 1. The predicted octanol–water partition coefficient (Wildman–Crippen LogP) is 4.58. The van der Waals surface area contributed by atoms with Crippen LogP contribution in [0.3, 0.4) is 0 Å². The SMILES string of the molecule is O=[N+]([O-])c1ccc(C2=NNC(c3cccnc3)=Nc3c2ccc2ccccc32)cc1. The highest BCUT2D eigenvalue weighted by Crippen LogP contribution is 2.34. The topological polar surface area (TPSA) is 92.8 Å². The van der Waals surface area contributed by atoms with E-state index in [0.717, 1.165) is 33.2 Å². The predicted molar refractivity (Wildman–Crippen MR) is 116 cm³/mol. The van der Waals surface area contributed by atoms with Gasteiger partial charge in [0.15, 0.2) is 5.84 Å². The molecule has 0 amide bonds. The Morgan fingerprint density at radius 1 is 0.867 bits per heavy atom. The van der Waals surface area contributed by atoms with E-state index in [0.29, 0.717) is 11.5 Å². The summed E-state index contributed by atoms with van der Waals surface area (Å²) in [5.74, 6) is 0.581. The average Bonchev–Trinajstić information content (AvgIpc) is 3.00. The van der Waals surface area contributed by atoms with Gasteiger partial charge < -0.3 is 0 Å². The molecular weight excluding hydrogens is 378 g/mol. The van der Waals surface area contributed by atoms with Crippen LogP contribution in [0.2, 0.25) is 0 Å². The number of nitrogens with zero attached hydrogens (tertiary/aromatic N) is 4. The molecule has 2 heterocycles. The highest BCUT2D eigenvalue weighted by atomic mass is 16.6. The molecular formula is C23H15N5O2. The molecule has 1 aromatic heterocycles. The van der Waals surface area contributed by atoms with Gasteiger partial charge >= 0.3 is 0 Å². The summed E-state index contributed by atoms with van der Waals surface area (Å²) in [5.41, 5.74) is 6.95. The summed E-state index contributed by atoms with van der Waals surface area (Å²) in [6, 6.07) is 22.1. The molecule has 1 aliphatic heterocycles. The van der Waals surface area contributed by atoms with E-state index in [2.05, 4.69) is 15.5 Å². The molecule has 7 heteroatoms. The van der Waals surface area contributed by atoms with E-state index >= 15 is 0 Å². The molecule has 0 spiro atoms. The van der Waals surface area contributed by atoms with Crippen molar-refractivity contribution >= 4 is 33.7 Å². The molecule has 4 aromatic rings. The Kier molecular flexibility index (Phi) is 4.25. The summed E-state index contributed by atoms with van der Waals surface area (Å²) in [7, 11) is 0. The first-order chi connectivity index (χ1) is 14.7. The summed E-state index contributed by atoms with van der Waals surface area (Å²) in [5, 5.41) is 17.7. The van der Waals surface area contributed by atoms with E-state index in [9.17, 15) is 10.1 Å². The van der Waals surface area contributed by atoms with Crippen molar-refractivity contribution in [1.82, 2.24) is 10.4 Å². The van der Waals surface area contributed by atoms with Crippen molar-refractivity contribution in [3.8, 4) is 0 Å². The van der Waals surface area contributed by atoms with Crippen LogP contribution in [0.15, 0.2) is 95.3 Å². The van der Waals surface area contributed by atoms with E-state index in [4.69, 9.17) is 4.99 Å². The number of hydrogen-bond donors (Lipinski definition) is 1. The Bertz CT molecular complexity index is 1330. The fourth-order valence-corrected chi connectivity index (χ4v) is 3.47. The van der Waals surface area contributed by atoms with Crippen molar-refractivity contribution in [2.24, 2.45) is 10.1 Å². The maximum atomic E-state index is 11.0. The summed E-state index contributed by atoms with van der Waals surface area (Å²) in [6.45, 7) is 0. The zero-order chi connectivity index (χ0) is 20.5. The minimum absolute atomic E-state index is 0.0342. The van der Waals surface area contributed by atoms with Crippen LogP contribution in [0.25, 0.3) is 10.8 Å². The van der Waals surface area contributed by atoms with E-state index < -0.39 is 4.92 Å². The van der Waals surface area contributed by atoms with Gasteiger partial charge in [-0.1, -0.05) is 30.3 Å². The Balaban J connectivity index is 1.73. The van der Waals surface area contributed by atoms with Crippen molar-refractivity contribution in [2.75, 3.05) is 0 Å². The number of benzene rings is 3. The van der Waals surface area contributed by atoms with Crippen molar-refractivity contribution in [3.05, 3.63) is 112 Å². The van der Waals surface area contributed by atoms with Crippen LogP contribution >= 0.6 is 0 Å². The fraction of sp³-hybridized carbons (Fsp3) is 0. The van der Waals surface area contributed by atoms with Crippen molar-refractivity contribution in [2.45, 2.75) is 0 Å². The minimum atomic E-state index is -0.415. The molecule has 0 fully saturated rings. The van der Waals surface area contributed by atoms with Crippen LogP contribution in [0.5, 0.6) is 0 Å². The summed E-state index contributed by atoms with van der Waals surface area (Å²) >= 11 is 0. The van der Waals surface area contributed by atoms with Gasteiger partial charge in [-0.3, -0.25) is 20.5 Å². The largest absolute Gasteiger partial charge is 0.269 e. The second kappa shape index (κ2) is 7.21. The van der Waals surface area contributed by atoms with Crippen LogP contribution < -0.4 is 5.43 Å². The van der Waals surface area contributed by atoms with Gasteiger partial charge in [-0.25, -0.2) is 4.99 Å². The number of aliphatic imine (C=N–C) groups is 1. The number of fused-ring (bicyclic) bond motifs is 3. The maximum Gasteiger partial charge on any atom is 0.269 e. The zero-order valence-electron chi connectivity index (χ0n) is 15.7. The molecule has 7 nitrogen and oxygen atoms in total. The molecule has 0 saturated carbocycles. The third-order valence-electron chi connectivity index (χ3n) is 4.94. The molecule has 0 aliphatic carbocycles. The maximum absolute atomic E-state index is 11.0. The number of pyridine rings is 1. The molecule has 0 radical (unpaired) electrons. The van der Waals surface area contributed by atoms with E-state index in [1.807, 2.05) is 48.5 Å². The molecule has 144 valence electrons. The molecule has 1 N–H and O–H groups in total. The summed E-state index contributed by atoms with van der Waals surface area (Å²) < 4.78 is 0. The number of aromatic nitrogens is 1. The fourth-order valence-electron chi connectivity index (χ4n) is 3.47. The number of amidine groups is 1. The standard InChI is InChI=1S/C23H15N5O2/c29-28(30)18-10-7-16(8-11-18)21-20-12-9-15-4-1-2-6-19(15)22(20)25-23(27-26-21)17-5-3-13-24-14-17/h1-14H,(H,25,27). The molecule has 3 aromatic carbocycles. The van der Waals surface area contributed by atoms with Crippen LogP contribution in [0.1, 0.15) is 16.7 Å². The first-order valence-corrected chi connectivity index (χ1v) is 9.30. The molecule has 30 heavy (non-hydrogen) atoms. The molecule has 0 atom stereocenters. The first kappa shape index (κ1) is 17.7. The molecule has 0 saturated heterocycles. The summed E-state index contributed by atoms with van der Waals surface area (Å²) in [4.78, 5) is 19.7. The zero-order valence-corrected chi connectivity index (χ0v) is 15.7. The van der Waals surface area contributed by atoms with Crippen LogP contribution in [0, 0.1) is 10.1 Å². The quantitative estimate of drug-likeness (QED) is 0.407. The van der Waals surface area contributed by atoms with Gasteiger partial charge in [-0.05, 0) is 35.7 Å². The smallest absolute Gasteiger partial charge is 0.264 e. The second-order valence-electron chi connectivity index (χ2n) is 6.76. The van der Waals surface area contributed by atoms with E-state index in [1.54, 1.807) is 24.5 Å². The Morgan fingerprint density at radius 2 is 1.70 bits per heavy atom. The van der Waals surface area contributed by atoms with Crippen molar-refractivity contribution in [1.29, 1.82) is 0 Å². The van der Waals surface area contributed by atoms with Gasteiger partial charge in [0.1, 0.15) is 5.71 Å². The Hall–Kier alpha value is -4.39. The number of hydrazone groups is 1. The molecule has 1 aliphatic rings. The Morgan fingerprint density at radius 3 is 2.47 bits per heavy atom. The number of hydrogen-bond acceptors (Lipinski definition) is 6. The van der Waals surface area contributed by atoms with Gasteiger partial charge in [0.25, 0.3) is 5.69 Å². The van der Waals surface area contributed by atoms with Gasteiger partial charge in [-0.15, -0.1) is 0 Å². The van der Waals surface area contributed by atoms with Crippen LogP contribution in [-0.2, 0) is 0 Å². The molecule has 0 unspecified atom stereocenters. The van der Waals surface area contributed by atoms with E-state index in [-0.39, 0.29) is 5.69 Å². The van der Waals surface area contributed by atoms with Crippen molar-refractivity contribution < 1.29 is 4.92 Å². The lowest BCUT2D eigenvalue weighted by Crippen LogP contribution is -2.19. The Labute approximate surface area is 171 Å². The van der Waals surface area contributed by atoms with Crippen LogP contribution in [0.4, 0.5) is 11.4 Å². The van der Waals surface area contributed by atoms with Crippen LogP contribution in [-0.4, -0.2) is 21.5 Å². The number of rotatable bonds is 3. The highest BCUT2D eigenvalue weighted by Gasteiger charge is 2.20. The monoisotopic (exact) mass is 393 g/mol. The van der Waals surface area contributed by atoms with Gasteiger partial charge in [0.05, 0.1) is 10.6 Å². The molecule has 0 bridgehead atoms. The van der Waals surface area contributed by atoms with Gasteiger partial charge in [-0.2, -0.15) is 5.10 Å². The average molecular weight is 393 g/mol. The summed E-state index contributed by atoms with van der Waals surface area (Å²) in [6.07, 6.45) is 3.43. The second-order valence-corrected chi connectivity index (χ2v) is 6.76. The minimum Gasteiger partial charge on any atom is -0.264 e. The first-order valence-electron chi connectivity index (χ1n) is 9.30. The normalized spacial score (nSPS) is 12.9. The lowest BCUT2D eigenvalue weighted by atomic mass is 9.96. The highest BCUT2D eigenvalue weighted by molar-refractivity contribution is 6.21. The van der Waals surface area contributed by atoms with E-state index in [1.165, 1.54) is 12.1 Å². The lowest BCUT2D eigenvalue weighted by Gasteiger charge is -2.10. The third kappa shape index (κ3) is 3.08. The van der Waals surface area contributed by atoms with Gasteiger partial charge in [0.2, 0.25) is 0 Å². The van der Waals surface area contributed by atoms with Crippen molar-refractivity contribution in [3.63, 3.8) is 0 Å². The van der Waals surface area contributed by atoms with Gasteiger partial charge in [0, 0.05) is 46.6 Å². The lowest BCUT2D eigenvalue weighted by molar-refractivity contribution is -0.384. The third-order valence-corrected chi connectivity index (χ3v) is 4.94. The number of non-ortho nitro benzene ring substituents is 1. The number of nitro groups is 1. The molecule has 5 rings (SSSR count).